The van der Waals surface area contributed by atoms with Gasteiger partial charge in [-0.05, 0) is 6.42 Å². The largest absolute Gasteiger partial charge is 0.396 e. The molecular weight excluding hydrogens is 128 g/mol. The molecular formula is C8H16O2. The number of hydrogen-bond acceptors (Lipinski definition) is 2. The van der Waals surface area contributed by atoms with Crippen molar-refractivity contribution in [2.75, 3.05) is 13.2 Å². The topological polar surface area (TPSA) is 40.5 Å². The van der Waals surface area contributed by atoms with Gasteiger partial charge in [0.15, 0.2) is 0 Å². The zero-order chi connectivity index (χ0) is 7.82. The van der Waals surface area contributed by atoms with E-state index in [1.54, 1.807) is 0 Å². The number of aliphatic hydroxyl groups excluding tert-OH is 2. The molecule has 0 saturated carbocycles. The van der Waals surface area contributed by atoms with Gasteiger partial charge >= 0.3 is 0 Å². The van der Waals surface area contributed by atoms with Crippen LogP contribution in [0.15, 0.2) is 12.2 Å². The monoisotopic (exact) mass is 144 g/mol. The summed E-state index contributed by atoms with van der Waals surface area (Å²) in [5, 5.41) is 17.2. The molecule has 0 aliphatic heterocycles. The van der Waals surface area contributed by atoms with E-state index >= 15 is 0 Å². The van der Waals surface area contributed by atoms with Crippen LogP contribution in [0.25, 0.3) is 0 Å². The van der Waals surface area contributed by atoms with Gasteiger partial charge in [0, 0.05) is 5.92 Å². The molecule has 0 fully saturated rings. The molecule has 0 aliphatic rings. The van der Waals surface area contributed by atoms with E-state index in [4.69, 9.17) is 10.2 Å². The number of hydrogen-bond donors (Lipinski definition) is 2. The van der Waals surface area contributed by atoms with Crippen molar-refractivity contribution in [1.29, 1.82) is 0 Å². The maximum atomic E-state index is 8.61. The van der Waals surface area contributed by atoms with Crippen molar-refractivity contribution in [3.63, 3.8) is 0 Å². The van der Waals surface area contributed by atoms with Crippen LogP contribution in [0.3, 0.4) is 0 Å². The molecule has 0 radical (unpaired) electrons. The molecule has 0 spiro atoms. The second-order valence-corrected chi connectivity index (χ2v) is 2.34. The highest BCUT2D eigenvalue weighted by Gasteiger charge is 1.97. The lowest BCUT2D eigenvalue weighted by atomic mass is 10.1. The van der Waals surface area contributed by atoms with Crippen LogP contribution in [0.1, 0.15) is 19.8 Å². The van der Waals surface area contributed by atoms with Crippen molar-refractivity contribution < 1.29 is 10.2 Å². The van der Waals surface area contributed by atoms with Gasteiger partial charge in [-0.1, -0.05) is 25.5 Å². The summed E-state index contributed by atoms with van der Waals surface area (Å²) in [5.74, 6) is -0.0634. The first-order valence-electron chi connectivity index (χ1n) is 3.73. The van der Waals surface area contributed by atoms with Crippen molar-refractivity contribution in [1.82, 2.24) is 0 Å². The van der Waals surface area contributed by atoms with E-state index in [0.717, 1.165) is 12.8 Å². The minimum atomic E-state index is -0.0634. The van der Waals surface area contributed by atoms with Crippen molar-refractivity contribution in [3.8, 4) is 0 Å². The quantitative estimate of drug-likeness (QED) is 0.564. The Bertz CT molecular complexity index is 85.3. The van der Waals surface area contributed by atoms with Gasteiger partial charge < -0.3 is 10.2 Å². The van der Waals surface area contributed by atoms with E-state index in [9.17, 15) is 0 Å². The molecule has 60 valence electrons. The fourth-order valence-corrected chi connectivity index (χ4v) is 0.635. The Morgan fingerprint density at radius 2 is 1.90 bits per heavy atom. The van der Waals surface area contributed by atoms with Crippen LogP contribution in [0.2, 0.25) is 0 Å². The summed E-state index contributed by atoms with van der Waals surface area (Å²) in [6.07, 6.45) is 6.00. The van der Waals surface area contributed by atoms with Crippen LogP contribution < -0.4 is 0 Å². The van der Waals surface area contributed by atoms with Crippen LogP contribution in [0.4, 0.5) is 0 Å². The molecule has 0 heterocycles. The summed E-state index contributed by atoms with van der Waals surface area (Å²) in [5.41, 5.74) is 0. The number of allylic oxidation sites excluding steroid dienone is 1. The Balaban J connectivity index is 3.40. The minimum absolute atomic E-state index is 0.0384. The van der Waals surface area contributed by atoms with Crippen LogP contribution in [0, 0.1) is 5.92 Å². The molecule has 2 nitrogen and oxygen atoms in total. The SMILES string of the molecule is CCC/C=C/C(CO)CO. The first-order chi connectivity index (χ1) is 4.85. The second-order valence-electron chi connectivity index (χ2n) is 2.34. The normalized spacial score (nSPS) is 11.6. The Hall–Kier alpha value is -0.340. The molecule has 0 bridgehead atoms. The molecule has 0 atom stereocenters. The average molecular weight is 144 g/mol. The summed E-state index contributed by atoms with van der Waals surface area (Å²) in [4.78, 5) is 0. The van der Waals surface area contributed by atoms with E-state index in [-0.39, 0.29) is 19.1 Å². The lowest BCUT2D eigenvalue weighted by Gasteiger charge is -2.02. The number of aliphatic hydroxyl groups is 2. The van der Waals surface area contributed by atoms with E-state index in [2.05, 4.69) is 6.92 Å². The third-order valence-electron chi connectivity index (χ3n) is 1.33. The molecule has 0 aromatic carbocycles. The summed E-state index contributed by atoms with van der Waals surface area (Å²) >= 11 is 0. The standard InChI is InChI=1S/C8H16O2/c1-2-3-4-5-8(6-9)7-10/h4-5,8-10H,2-3,6-7H2,1H3/b5-4+. The smallest absolute Gasteiger partial charge is 0.0515 e. The second kappa shape index (κ2) is 6.78. The molecule has 0 rings (SSSR count). The van der Waals surface area contributed by atoms with E-state index in [1.165, 1.54) is 0 Å². The van der Waals surface area contributed by atoms with Gasteiger partial charge in [0.05, 0.1) is 13.2 Å². The van der Waals surface area contributed by atoms with Gasteiger partial charge in [-0.3, -0.25) is 0 Å². The molecule has 0 aromatic rings. The summed E-state index contributed by atoms with van der Waals surface area (Å²) in [6, 6.07) is 0. The Kier molecular flexibility index (Phi) is 6.55. The van der Waals surface area contributed by atoms with Crippen molar-refractivity contribution in [3.05, 3.63) is 12.2 Å². The van der Waals surface area contributed by atoms with Gasteiger partial charge in [0.2, 0.25) is 0 Å². The van der Waals surface area contributed by atoms with Crippen LogP contribution in [0.5, 0.6) is 0 Å². The van der Waals surface area contributed by atoms with Crippen molar-refractivity contribution in [2.45, 2.75) is 19.8 Å². The molecule has 0 aromatic heterocycles. The molecule has 2 heteroatoms. The van der Waals surface area contributed by atoms with Gasteiger partial charge in [0.1, 0.15) is 0 Å². The first-order valence-corrected chi connectivity index (χ1v) is 3.73. The lowest BCUT2D eigenvalue weighted by Crippen LogP contribution is -2.06. The molecule has 0 saturated heterocycles. The lowest BCUT2D eigenvalue weighted by molar-refractivity contribution is 0.177. The fourth-order valence-electron chi connectivity index (χ4n) is 0.635. The Morgan fingerprint density at radius 1 is 1.30 bits per heavy atom. The zero-order valence-electron chi connectivity index (χ0n) is 6.45. The van der Waals surface area contributed by atoms with Gasteiger partial charge in [-0.15, -0.1) is 0 Å². The fraction of sp³-hybridized carbons (Fsp3) is 0.750. The van der Waals surface area contributed by atoms with Crippen LogP contribution in [-0.2, 0) is 0 Å². The zero-order valence-corrected chi connectivity index (χ0v) is 6.45. The van der Waals surface area contributed by atoms with Crippen LogP contribution >= 0.6 is 0 Å². The maximum absolute atomic E-state index is 8.61. The number of rotatable bonds is 5. The van der Waals surface area contributed by atoms with Gasteiger partial charge in [-0.25, -0.2) is 0 Å². The highest BCUT2D eigenvalue weighted by molar-refractivity contribution is 4.87. The predicted octanol–water partition coefficient (Wildman–Crippen LogP) is 0.944. The van der Waals surface area contributed by atoms with Gasteiger partial charge in [0.25, 0.3) is 0 Å². The van der Waals surface area contributed by atoms with E-state index < -0.39 is 0 Å². The molecule has 0 amide bonds. The summed E-state index contributed by atoms with van der Waals surface area (Å²) in [7, 11) is 0. The first kappa shape index (κ1) is 9.66. The Morgan fingerprint density at radius 3 is 2.30 bits per heavy atom. The third kappa shape index (κ3) is 4.53. The maximum Gasteiger partial charge on any atom is 0.0515 e. The average Bonchev–Trinajstić information content (AvgIpc) is 1.99. The van der Waals surface area contributed by atoms with Crippen molar-refractivity contribution in [2.24, 2.45) is 5.92 Å². The van der Waals surface area contributed by atoms with Crippen molar-refractivity contribution >= 4 is 0 Å². The minimum Gasteiger partial charge on any atom is -0.396 e. The highest BCUT2D eigenvalue weighted by atomic mass is 16.3. The summed E-state index contributed by atoms with van der Waals surface area (Å²) in [6.45, 7) is 2.17. The number of unbranched alkanes of at least 4 members (excludes halogenated alkanes) is 1. The predicted molar refractivity (Wildman–Crippen MR) is 41.7 cm³/mol. The van der Waals surface area contributed by atoms with Crippen LogP contribution in [-0.4, -0.2) is 23.4 Å². The molecule has 10 heavy (non-hydrogen) atoms. The molecule has 0 aliphatic carbocycles. The summed E-state index contributed by atoms with van der Waals surface area (Å²) < 4.78 is 0. The highest BCUT2D eigenvalue weighted by Crippen LogP contribution is 1.97. The van der Waals surface area contributed by atoms with E-state index in [1.807, 2.05) is 12.2 Å². The molecule has 2 N–H and O–H groups in total. The van der Waals surface area contributed by atoms with Gasteiger partial charge in [-0.2, -0.15) is 0 Å². The molecule has 0 unspecified atom stereocenters. The Labute approximate surface area is 62.2 Å². The van der Waals surface area contributed by atoms with E-state index in [0.29, 0.717) is 0 Å². The third-order valence-corrected chi connectivity index (χ3v) is 1.33.